The van der Waals surface area contributed by atoms with Crippen molar-refractivity contribution in [3.05, 3.63) is 29.8 Å². The Morgan fingerprint density at radius 2 is 2.06 bits per heavy atom. The van der Waals surface area contributed by atoms with Crippen LogP contribution in [0.3, 0.4) is 0 Å². The number of Topliss-reactive ketones (excluding diaryl/α,β-unsaturated/α-hetero) is 1. The summed E-state index contributed by atoms with van der Waals surface area (Å²) in [6.07, 6.45) is 7.85. The first-order chi connectivity index (χ1) is 7.77. The lowest BCUT2D eigenvalue weighted by Crippen LogP contribution is -1.98. The molecule has 0 aromatic heterocycles. The number of benzene rings is 1. The zero-order chi connectivity index (χ0) is 11.8. The van der Waals surface area contributed by atoms with Crippen LogP contribution in [-0.2, 0) is 0 Å². The van der Waals surface area contributed by atoms with Gasteiger partial charge in [0, 0.05) is 16.9 Å². The van der Waals surface area contributed by atoms with Crippen molar-refractivity contribution < 1.29 is 4.79 Å². The Kier molecular flexibility index (Phi) is 5.74. The molecule has 0 atom stereocenters. The monoisotopic (exact) mass is 232 g/mol. The summed E-state index contributed by atoms with van der Waals surface area (Å²) >= 11 is 1.61. The Balaban J connectivity index is 2.57. The topological polar surface area (TPSA) is 17.1 Å². The lowest BCUT2D eigenvalue weighted by molar-refractivity contribution is 0.0979. The molecule has 1 aromatic carbocycles. The van der Waals surface area contributed by atoms with Gasteiger partial charge in [-0.2, -0.15) is 0 Å². The number of carbonyl (C=O) groups is 1. The van der Waals surface area contributed by atoms with E-state index < -0.39 is 0 Å². The van der Waals surface area contributed by atoms with Crippen LogP contribution in [0.4, 0.5) is 0 Å². The third-order valence-electron chi connectivity index (χ3n) is 2.26. The van der Waals surface area contributed by atoms with Crippen LogP contribution in [0, 0.1) is 12.3 Å². The van der Waals surface area contributed by atoms with Crippen LogP contribution in [0.5, 0.6) is 0 Å². The standard InChI is InChI=1S/C14H16OS/c1-3-5-6-14(15)12-7-9-13(10-8-12)16-11-4-2/h2,7-10H,3,5-6,11H2,1H3. The van der Waals surface area contributed by atoms with Gasteiger partial charge < -0.3 is 0 Å². The first-order valence-corrected chi connectivity index (χ1v) is 6.46. The van der Waals surface area contributed by atoms with E-state index in [1.807, 2.05) is 24.3 Å². The molecule has 1 rings (SSSR count). The smallest absolute Gasteiger partial charge is 0.162 e. The normalized spacial score (nSPS) is 9.75. The lowest BCUT2D eigenvalue weighted by Gasteiger charge is -2.01. The number of ketones is 1. The van der Waals surface area contributed by atoms with Gasteiger partial charge in [0.15, 0.2) is 5.78 Å². The average Bonchev–Trinajstić information content (AvgIpc) is 2.34. The largest absolute Gasteiger partial charge is 0.294 e. The maximum absolute atomic E-state index is 11.7. The fourth-order valence-electron chi connectivity index (χ4n) is 1.34. The van der Waals surface area contributed by atoms with E-state index in [4.69, 9.17) is 6.42 Å². The Bertz CT molecular complexity index is 373. The van der Waals surface area contributed by atoms with E-state index in [1.165, 1.54) is 0 Å². The average molecular weight is 232 g/mol. The molecule has 0 amide bonds. The number of carbonyl (C=O) groups excluding carboxylic acids is 1. The predicted octanol–water partition coefficient (Wildman–Crippen LogP) is 3.78. The SMILES string of the molecule is C#CCSc1ccc(C(=O)CCCC)cc1. The minimum atomic E-state index is 0.232. The predicted molar refractivity (Wildman–Crippen MR) is 69.9 cm³/mol. The summed E-state index contributed by atoms with van der Waals surface area (Å²) in [6, 6.07) is 7.69. The summed E-state index contributed by atoms with van der Waals surface area (Å²) in [5.41, 5.74) is 0.804. The van der Waals surface area contributed by atoms with Crippen LogP contribution in [0.25, 0.3) is 0 Å². The molecule has 0 N–H and O–H groups in total. The maximum Gasteiger partial charge on any atom is 0.162 e. The van der Waals surface area contributed by atoms with Gasteiger partial charge in [0.2, 0.25) is 0 Å². The number of unbranched alkanes of at least 4 members (excludes halogenated alkanes) is 1. The van der Waals surface area contributed by atoms with Crippen molar-refractivity contribution in [1.29, 1.82) is 0 Å². The molecule has 0 unspecified atom stereocenters. The summed E-state index contributed by atoms with van der Waals surface area (Å²) in [5, 5.41) is 0. The van der Waals surface area contributed by atoms with Gasteiger partial charge in [-0.1, -0.05) is 31.4 Å². The maximum atomic E-state index is 11.7. The fourth-order valence-corrected chi connectivity index (χ4v) is 1.92. The summed E-state index contributed by atoms with van der Waals surface area (Å²) in [6.45, 7) is 2.09. The Hall–Kier alpha value is -1.20. The van der Waals surface area contributed by atoms with Gasteiger partial charge in [0.25, 0.3) is 0 Å². The molecule has 0 saturated heterocycles. The molecule has 0 spiro atoms. The van der Waals surface area contributed by atoms with Crippen LogP contribution in [0.1, 0.15) is 36.5 Å². The lowest BCUT2D eigenvalue weighted by atomic mass is 10.1. The second-order valence-corrected chi connectivity index (χ2v) is 4.59. The minimum absolute atomic E-state index is 0.232. The second-order valence-electron chi connectivity index (χ2n) is 3.54. The van der Waals surface area contributed by atoms with Crippen molar-refractivity contribution in [2.24, 2.45) is 0 Å². The number of hydrogen-bond donors (Lipinski definition) is 0. The third kappa shape index (κ3) is 4.12. The van der Waals surface area contributed by atoms with E-state index >= 15 is 0 Å². The van der Waals surface area contributed by atoms with E-state index in [0.29, 0.717) is 12.2 Å². The van der Waals surface area contributed by atoms with Gasteiger partial charge in [-0.3, -0.25) is 4.79 Å². The summed E-state index contributed by atoms with van der Waals surface area (Å²) in [7, 11) is 0. The molecular formula is C14H16OS. The summed E-state index contributed by atoms with van der Waals surface area (Å²) in [5.74, 6) is 3.48. The number of terminal acetylenes is 1. The second kappa shape index (κ2) is 7.14. The van der Waals surface area contributed by atoms with Gasteiger partial charge >= 0.3 is 0 Å². The fraction of sp³-hybridized carbons (Fsp3) is 0.357. The van der Waals surface area contributed by atoms with Crippen molar-refractivity contribution in [3.63, 3.8) is 0 Å². The van der Waals surface area contributed by atoms with Gasteiger partial charge in [0.1, 0.15) is 0 Å². The highest BCUT2D eigenvalue weighted by atomic mass is 32.2. The molecule has 0 heterocycles. The minimum Gasteiger partial charge on any atom is -0.294 e. The Morgan fingerprint density at radius 3 is 2.62 bits per heavy atom. The molecule has 0 saturated carbocycles. The molecule has 0 aliphatic carbocycles. The van der Waals surface area contributed by atoms with Gasteiger partial charge in [-0.05, 0) is 18.6 Å². The van der Waals surface area contributed by atoms with Crippen LogP contribution in [0.15, 0.2) is 29.2 Å². The number of hydrogen-bond acceptors (Lipinski definition) is 2. The van der Waals surface area contributed by atoms with Crippen molar-refractivity contribution >= 4 is 17.5 Å². The summed E-state index contributed by atoms with van der Waals surface area (Å²) < 4.78 is 0. The van der Waals surface area contributed by atoms with Gasteiger partial charge in [0.05, 0.1) is 5.75 Å². The zero-order valence-corrected chi connectivity index (χ0v) is 10.3. The molecule has 2 heteroatoms. The molecule has 0 bridgehead atoms. The van der Waals surface area contributed by atoms with E-state index in [0.717, 1.165) is 23.3 Å². The van der Waals surface area contributed by atoms with Crippen molar-refractivity contribution in [2.45, 2.75) is 31.1 Å². The van der Waals surface area contributed by atoms with Crippen LogP contribution >= 0.6 is 11.8 Å². The molecular weight excluding hydrogens is 216 g/mol. The van der Waals surface area contributed by atoms with E-state index in [-0.39, 0.29) is 5.78 Å². The number of rotatable bonds is 6. The van der Waals surface area contributed by atoms with E-state index in [1.54, 1.807) is 11.8 Å². The Labute approximate surface area is 102 Å². The van der Waals surface area contributed by atoms with Crippen molar-refractivity contribution in [3.8, 4) is 12.3 Å². The molecule has 0 aliphatic heterocycles. The highest BCUT2D eigenvalue weighted by Crippen LogP contribution is 2.18. The molecule has 0 radical (unpaired) electrons. The highest BCUT2D eigenvalue weighted by molar-refractivity contribution is 7.99. The zero-order valence-electron chi connectivity index (χ0n) is 9.53. The summed E-state index contributed by atoms with van der Waals surface area (Å²) in [4.78, 5) is 12.8. The van der Waals surface area contributed by atoms with Crippen LogP contribution in [-0.4, -0.2) is 11.5 Å². The molecule has 0 aliphatic rings. The highest BCUT2D eigenvalue weighted by Gasteiger charge is 2.04. The van der Waals surface area contributed by atoms with Crippen LogP contribution in [0.2, 0.25) is 0 Å². The van der Waals surface area contributed by atoms with Gasteiger partial charge in [-0.15, -0.1) is 18.2 Å². The van der Waals surface area contributed by atoms with Gasteiger partial charge in [-0.25, -0.2) is 0 Å². The quantitative estimate of drug-likeness (QED) is 0.422. The first kappa shape index (κ1) is 12.9. The Morgan fingerprint density at radius 1 is 1.38 bits per heavy atom. The molecule has 1 nitrogen and oxygen atoms in total. The van der Waals surface area contributed by atoms with Crippen LogP contribution < -0.4 is 0 Å². The first-order valence-electron chi connectivity index (χ1n) is 5.47. The van der Waals surface area contributed by atoms with Crippen molar-refractivity contribution in [1.82, 2.24) is 0 Å². The molecule has 16 heavy (non-hydrogen) atoms. The third-order valence-corrected chi connectivity index (χ3v) is 3.17. The molecule has 84 valence electrons. The van der Waals surface area contributed by atoms with E-state index in [2.05, 4.69) is 12.8 Å². The molecule has 0 fully saturated rings. The molecule has 1 aromatic rings. The van der Waals surface area contributed by atoms with E-state index in [9.17, 15) is 4.79 Å². The number of thioether (sulfide) groups is 1. The van der Waals surface area contributed by atoms with Crippen molar-refractivity contribution in [2.75, 3.05) is 5.75 Å².